The molecule has 28 heavy (non-hydrogen) atoms. The van der Waals surface area contributed by atoms with Crippen LogP contribution in [0.2, 0.25) is 0 Å². The lowest BCUT2D eigenvalue weighted by Gasteiger charge is -2.31. The predicted octanol–water partition coefficient (Wildman–Crippen LogP) is 3.00. The molecular weight excluding hydrogens is 416 g/mol. The maximum absolute atomic E-state index is 12.0. The van der Waals surface area contributed by atoms with E-state index in [1.165, 1.54) is 17.6 Å². The summed E-state index contributed by atoms with van der Waals surface area (Å²) in [6, 6.07) is 5.54. The van der Waals surface area contributed by atoms with Crippen molar-refractivity contribution in [3.05, 3.63) is 27.7 Å². The number of hydrogen-bond donors (Lipinski definition) is 0. The second-order valence-corrected chi connectivity index (χ2v) is 11.0. The number of rotatable bonds is 5. The van der Waals surface area contributed by atoms with E-state index >= 15 is 0 Å². The van der Waals surface area contributed by atoms with Crippen molar-refractivity contribution in [2.45, 2.75) is 50.2 Å². The first kappa shape index (κ1) is 19.5. The van der Waals surface area contributed by atoms with Crippen molar-refractivity contribution in [1.82, 2.24) is 9.78 Å². The molecule has 1 aromatic carbocycles. The Bertz CT molecular complexity index is 1090. The van der Waals surface area contributed by atoms with Crippen LogP contribution < -0.4 is 9.80 Å². The average molecular weight is 439 g/mol. The topological polar surface area (TPSA) is 75.5 Å². The number of carbonyl (C=O) groups is 1. The highest BCUT2D eigenvalue weighted by Gasteiger charge is 2.34. The fourth-order valence-corrected chi connectivity index (χ4v) is 5.42. The largest absolute Gasteiger partial charge is 0.352 e. The summed E-state index contributed by atoms with van der Waals surface area (Å²) >= 11 is 6.86. The summed E-state index contributed by atoms with van der Waals surface area (Å²) < 4.78 is 26.1. The highest BCUT2D eigenvalue weighted by Crippen LogP contribution is 2.34. The van der Waals surface area contributed by atoms with E-state index in [4.69, 9.17) is 12.2 Å². The molecule has 2 aromatic rings. The molecule has 1 aliphatic heterocycles. The molecule has 0 spiro atoms. The summed E-state index contributed by atoms with van der Waals surface area (Å²) in [6.07, 6.45) is 5.03. The van der Waals surface area contributed by atoms with E-state index in [1.54, 1.807) is 28.6 Å². The summed E-state index contributed by atoms with van der Waals surface area (Å²) in [5.41, 5.74) is 2.04. The van der Waals surface area contributed by atoms with Crippen LogP contribution in [0.4, 0.5) is 10.8 Å². The van der Waals surface area contributed by atoms with Crippen molar-refractivity contribution in [3.63, 3.8) is 0 Å². The van der Waals surface area contributed by atoms with Crippen molar-refractivity contribution < 1.29 is 13.2 Å². The van der Waals surface area contributed by atoms with Crippen molar-refractivity contribution in [2.24, 2.45) is 0 Å². The molecule has 1 fully saturated rings. The Morgan fingerprint density at radius 1 is 1.39 bits per heavy atom. The summed E-state index contributed by atoms with van der Waals surface area (Å²) in [6.45, 7) is 2.89. The maximum Gasteiger partial charge on any atom is 0.225 e. The van der Waals surface area contributed by atoms with Crippen LogP contribution in [0.25, 0.3) is 0 Å². The second-order valence-electron chi connectivity index (χ2n) is 7.34. The first-order chi connectivity index (χ1) is 13.2. The third-order valence-corrected chi connectivity index (χ3v) is 7.47. The van der Waals surface area contributed by atoms with Gasteiger partial charge in [0.05, 0.1) is 4.90 Å². The normalized spacial score (nSPS) is 16.7. The van der Waals surface area contributed by atoms with E-state index in [2.05, 4.69) is 10.00 Å². The molecule has 10 heteroatoms. The van der Waals surface area contributed by atoms with E-state index < -0.39 is 9.84 Å². The van der Waals surface area contributed by atoms with Gasteiger partial charge in [-0.05, 0) is 61.7 Å². The minimum absolute atomic E-state index is 0.00461. The fourth-order valence-electron chi connectivity index (χ4n) is 3.55. The molecule has 7 nitrogen and oxygen atoms in total. The number of aromatic nitrogens is 2. The summed E-state index contributed by atoms with van der Waals surface area (Å²) in [5.74, 6) is -0.00461. The SMILES string of the molecule is CC(=O)N(c1nn(CN2CCCc3cc(S(C)(=O)=O)ccc32)c(=S)s1)C1CC1. The molecule has 1 amide bonds. The third kappa shape index (κ3) is 3.85. The Hall–Kier alpha value is -1.78. The number of sulfone groups is 1. The van der Waals surface area contributed by atoms with Gasteiger partial charge in [-0.3, -0.25) is 9.69 Å². The van der Waals surface area contributed by atoms with Gasteiger partial charge in [-0.2, -0.15) is 0 Å². The maximum atomic E-state index is 12.0. The van der Waals surface area contributed by atoms with Gasteiger partial charge in [0.2, 0.25) is 11.0 Å². The highest BCUT2D eigenvalue weighted by atomic mass is 32.2. The van der Waals surface area contributed by atoms with Gasteiger partial charge in [0, 0.05) is 31.5 Å². The molecule has 0 saturated heterocycles. The minimum atomic E-state index is -3.22. The van der Waals surface area contributed by atoms with Crippen LogP contribution in [0, 0.1) is 3.95 Å². The fraction of sp³-hybridized carbons (Fsp3) is 0.500. The molecule has 2 heterocycles. The van der Waals surface area contributed by atoms with Crippen LogP contribution in [0.3, 0.4) is 0 Å². The van der Waals surface area contributed by atoms with Gasteiger partial charge in [0.1, 0.15) is 6.67 Å². The molecule has 0 radical (unpaired) electrons. The van der Waals surface area contributed by atoms with Crippen molar-refractivity contribution in [3.8, 4) is 0 Å². The number of benzene rings is 1. The summed E-state index contributed by atoms with van der Waals surface area (Å²) in [4.78, 5) is 16.3. The van der Waals surface area contributed by atoms with Crippen LogP contribution in [-0.2, 0) is 27.7 Å². The van der Waals surface area contributed by atoms with Gasteiger partial charge in [0.25, 0.3) is 0 Å². The van der Waals surface area contributed by atoms with E-state index in [9.17, 15) is 13.2 Å². The van der Waals surface area contributed by atoms with Gasteiger partial charge in [-0.15, -0.1) is 5.10 Å². The Morgan fingerprint density at radius 2 is 2.14 bits per heavy atom. The van der Waals surface area contributed by atoms with Crippen LogP contribution in [0.5, 0.6) is 0 Å². The molecule has 1 saturated carbocycles. The van der Waals surface area contributed by atoms with E-state index in [-0.39, 0.29) is 11.9 Å². The first-order valence-electron chi connectivity index (χ1n) is 9.20. The number of nitrogens with zero attached hydrogens (tertiary/aromatic N) is 4. The molecule has 1 aliphatic carbocycles. The lowest BCUT2D eigenvalue weighted by Crippen LogP contribution is -2.33. The van der Waals surface area contributed by atoms with Crippen molar-refractivity contribution in [1.29, 1.82) is 0 Å². The molecule has 0 unspecified atom stereocenters. The van der Waals surface area contributed by atoms with Gasteiger partial charge >= 0.3 is 0 Å². The number of carbonyl (C=O) groups excluding carboxylic acids is 1. The lowest BCUT2D eigenvalue weighted by atomic mass is 10.0. The van der Waals surface area contributed by atoms with Crippen LogP contribution in [0.15, 0.2) is 23.1 Å². The van der Waals surface area contributed by atoms with E-state index in [0.717, 1.165) is 43.5 Å². The molecule has 150 valence electrons. The van der Waals surface area contributed by atoms with E-state index in [1.807, 2.05) is 6.07 Å². The van der Waals surface area contributed by atoms with E-state index in [0.29, 0.717) is 20.7 Å². The number of amides is 1. The lowest BCUT2D eigenvalue weighted by molar-refractivity contribution is -0.116. The van der Waals surface area contributed by atoms with Crippen LogP contribution in [-0.4, -0.2) is 42.9 Å². The Morgan fingerprint density at radius 3 is 2.79 bits per heavy atom. The minimum Gasteiger partial charge on any atom is -0.352 e. The third-order valence-electron chi connectivity index (χ3n) is 5.05. The molecule has 4 rings (SSSR count). The Balaban J connectivity index is 1.61. The zero-order valence-electron chi connectivity index (χ0n) is 15.8. The standard InChI is InChI=1S/C18H22N4O3S3/c1-12(23)22(14-5-6-14)17-19-21(18(26)27-17)11-20-9-3-4-13-10-15(28(2,24)25)7-8-16(13)20/h7-8,10,14H,3-6,9,11H2,1-2H3. The molecular formula is C18H22N4O3S3. The number of fused-ring (bicyclic) bond motifs is 1. The van der Waals surface area contributed by atoms with Crippen molar-refractivity contribution in [2.75, 3.05) is 22.6 Å². The Labute approximate surface area is 173 Å². The molecule has 1 aromatic heterocycles. The molecule has 0 bridgehead atoms. The van der Waals surface area contributed by atoms with Crippen molar-refractivity contribution >= 4 is 50.1 Å². The zero-order chi connectivity index (χ0) is 20.1. The second kappa shape index (κ2) is 7.23. The predicted molar refractivity (Wildman–Crippen MR) is 112 cm³/mol. The molecule has 0 atom stereocenters. The monoisotopic (exact) mass is 438 g/mol. The Kier molecular flexibility index (Phi) is 5.05. The van der Waals surface area contributed by atoms with Gasteiger partial charge in [-0.25, -0.2) is 13.1 Å². The number of hydrogen-bond acceptors (Lipinski definition) is 7. The smallest absolute Gasteiger partial charge is 0.225 e. The van der Waals surface area contributed by atoms with Gasteiger partial charge in [0.15, 0.2) is 13.8 Å². The van der Waals surface area contributed by atoms with Crippen LogP contribution in [0.1, 0.15) is 31.7 Å². The van der Waals surface area contributed by atoms with Crippen LogP contribution >= 0.6 is 23.6 Å². The molecule has 2 aliphatic rings. The number of aryl methyl sites for hydroxylation is 1. The average Bonchev–Trinajstić information content (AvgIpc) is 3.38. The first-order valence-corrected chi connectivity index (χ1v) is 12.3. The molecule has 0 N–H and O–H groups in total. The summed E-state index contributed by atoms with van der Waals surface area (Å²) in [5, 5.41) is 5.27. The number of anilines is 2. The highest BCUT2D eigenvalue weighted by molar-refractivity contribution is 7.90. The van der Waals surface area contributed by atoms with Gasteiger partial charge < -0.3 is 4.90 Å². The van der Waals surface area contributed by atoms with Gasteiger partial charge in [-0.1, -0.05) is 11.3 Å². The quantitative estimate of drug-likeness (QED) is 0.668. The summed E-state index contributed by atoms with van der Waals surface area (Å²) in [7, 11) is -3.22. The zero-order valence-corrected chi connectivity index (χ0v) is 18.2.